The molecule has 2 heterocycles. The zero-order chi connectivity index (χ0) is 15.5. The van der Waals surface area contributed by atoms with Crippen LogP contribution in [0.1, 0.15) is 13.3 Å². The topological polar surface area (TPSA) is 105 Å². The molecule has 7 nitrogen and oxygen atoms in total. The fourth-order valence-electron chi connectivity index (χ4n) is 2.20. The molecule has 1 fully saturated rings. The lowest BCUT2D eigenvalue weighted by Crippen LogP contribution is -2.30. The standard InChI is InChI=1S/C12H19N3O4S2/c1-2-13-12-7-11(3-5-14-12)21(18,19)15-8-10-4-6-20(16,17)9-10/h3,5,7,10,15H,2,4,6,8-9H2,1H3,(H,13,14). The Morgan fingerprint density at radius 3 is 2.81 bits per heavy atom. The van der Waals surface area contributed by atoms with Gasteiger partial charge in [0, 0.05) is 25.4 Å². The highest BCUT2D eigenvalue weighted by atomic mass is 32.2. The molecule has 1 aliphatic heterocycles. The van der Waals surface area contributed by atoms with Gasteiger partial charge in [0.05, 0.1) is 16.4 Å². The van der Waals surface area contributed by atoms with Gasteiger partial charge in [0.2, 0.25) is 10.0 Å². The second-order valence-corrected chi connectivity index (χ2v) is 9.02. The Bertz CT molecular complexity index is 701. The van der Waals surface area contributed by atoms with Crippen molar-refractivity contribution in [3.8, 4) is 0 Å². The van der Waals surface area contributed by atoms with Gasteiger partial charge in [-0.1, -0.05) is 0 Å². The number of aromatic nitrogens is 1. The summed E-state index contributed by atoms with van der Waals surface area (Å²) in [4.78, 5) is 4.14. The fraction of sp³-hybridized carbons (Fsp3) is 0.583. The molecule has 0 spiro atoms. The van der Waals surface area contributed by atoms with E-state index in [2.05, 4.69) is 15.0 Å². The summed E-state index contributed by atoms with van der Waals surface area (Å²) in [5, 5.41) is 2.95. The molecule has 1 unspecified atom stereocenters. The minimum absolute atomic E-state index is 0.0501. The van der Waals surface area contributed by atoms with E-state index in [1.807, 2.05) is 6.92 Å². The van der Waals surface area contributed by atoms with Crippen LogP contribution in [0.2, 0.25) is 0 Å². The largest absolute Gasteiger partial charge is 0.370 e. The van der Waals surface area contributed by atoms with Gasteiger partial charge in [-0.05, 0) is 25.3 Å². The molecule has 2 N–H and O–H groups in total. The highest BCUT2D eigenvalue weighted by molar-refractivity contribution is 7.91. The highest BCUT2D eigenvalue weighted by Crippen LogP contribution is 2.19. The Hall–Kier alpha value is -1.19. The van der Waals surface area contributed by atoms with Crippen LogP contribution < -0.4 is 10.0 Å². The van der Waals surface area contributed by atoms with Gasteiger partial charge < -0.3 is 5.32 Å². The summed E-state index contributed by atoms with van der Waals surface area (Å²) in [6.07, 6.45) is 1.93. The predicted octanol–water partition coefficient (Wildman–Crippen LogP) is 0.226. The van der Waals surface area contributed by atoms with Crippen molar-refractivity contribution < 1.29 is 16.8 Å². The van der Waals surface area contributed by atoms with Crippen molar-refractivity contribution >= 4 is 25.7 Å². The number of nitrogens with zero attached hydrogens (tertiary/aromatic N) is 1. The van der Waals surface area contributed by atoms with Gasteiger partial charge in [-0.25, -0.2) is 26.5 Å². The van der Waals surface area contributed by atoms with Crippen molar-refractivity contribution in [2.45, 2.75) is 18.2 Å². The molecule has 0 amide bonds. The number of sulfonamides is 1. The Kier molecular flexibility index (Phi) is 4.84. The second kappa shape index (κ2) is 6.29. The first-order chi connectivity index (χ1) is 9.82. The predicted molar refractivity (Wildman–Crippen MR) is 80.4 cm³/mol. The van der Waals surface area contributed by atoms with Crippen LogP contribution in [0, 0.1) is 5.92 Å². The van der Waals surface area contributed by atoms with Crippen molar-refractivity contribution in [2.24, 2.45) is 5.92 Å². The van der Waals surface area contributed by atoms with Crippen molar-refractivity contribution in [1.82, 2.24) is 9.71 Å². The molecule has 1 aromatic rings. The number of nitrogens with one attached hydrogen (secondary N) is 2. The SMILES string of the molecule is CCNc1cc(S(=O)(=O)NCC2CCS(=O)(=O)C2)ccn1. The van der Waals surface area contributed by atoms with E-state index in [9.17, 15) is 16.8 Å². The van der Waals surface area contributed by atoms with E-state index in [-0.39, 0.29) is 28.9 Å². The molecule has 1 atom stereocenters. The van der Waals surface area contributed by atoms with Crippen LogP contribution in [0.25, 0.3) is 0 Å². The van der Waals surface area contributed by atoms with E-state index in [0.29, 0.717) is 18.8 Å². The highest BCUT2D eigenvalue weighted by Gasteiger charge is 2.29. The maximum Gasteiger partial charge on any atom is 0.240 e. The number of hydrogen-bond donors (Lipinski definition) is 2. The molecule has 2 rings (SSSR count). The van der Waals surface area contributed by atoms with E-state index in [0.717, 1.165) is 0 Å². The first kappa shape index (κ1) is 16.2. The van der Waals surface area contributed by atoms with E-state index in [4.69, 9.17) is 0 Å². The zero-order valence-corrected chi connectivity index (χ0v) is 13.4. The molecule has 21 heavy (non-hydrogen) atoms. The van der Waals surface area contributed by atoms with Crippen LogP contribution in [0.15, 0.2) is 23.2 Å². The van der Waals surface area contributed by atoms with Crippen molar-refractivity contribution in [3.05, 3.63) is 18.3 Å². The van der Waals surface area contributed by atoms with E-state index in [1.54, 1.807) is 0 Å². The third kappa shape index (κ3) is 4.39. The van der Waals surface area contributed by atoms with Crippen LogP contribution >= 0.6 is 0 Å². The average Bonchev–Trinajstić information content (AvgIpc) is 2.77. The minimum atomic E-state index is -3.65. The third-order valence-corrected chi connectivity index (χ3v) is 6.55. The lowest BCUT2D eigenvalue weighted by atomic mass is 10.1. The molecule has 0 radical (unpaired) electrons. The molecule has 0 saturated carbocycles. The first-order valence-corrected chi connectivity index (χ1v) is 10.0. The number of anilines is 1. The molecule has 0 aromatic carbocycles. The maximum absolute atomic E-state index is 12.2. The Morgan fingerprint density at radius 1 is 1.43 bits per heavy atom. The van der Waals surface area contributed by atoms with Gasteiger partial charge in [-0.15, -0.1) is 0 Å². The molecule has 1 aromatic heterocycles. The number of hydrogen-bond acceptors (Lipinski definition) is 6. The van der Waals surface area contributed by atoms with Crippen LogP contribution in [0.3, 0.4) is 0 Å². The van der Waals surface area contributed by atoms with Crippen molar-refractivity contribution in [2.75, 3.05) is 29.9 Å². The lowest BCUT2D eigenvalue weighted by molar-refractivity contribution is 0.543. The Morgan fingerprint density at radius 2 is 2.19 bits per heavy atom. The first-order valence-electron chi connectivity index (χ1n) is 6.72. The van der Waals surface area contributed by atoms with Crippen LogP contribution in [-0.4, -0.2) is 46.4 Å². The van der Waals surface area contributed by atoms with Gasteiger partial charge in [0.25, 0.3) is 0 Å². The number of pyridine rings is 1. The smallest absolute Gasteiger partial charge is 0.240 e. The molecule has 118 valence electrons. The summed E-state index contributed by atoms with van der Waals surface area (Å²) in [6.45, 7) is 2.67. The Labute approximate surface area is 125 Å². The van der Waals surface area contributed by atoms with E-state index < -0.39 is 19.9 Å². The molecular formula is C12H19N3O4S2. The normalized spacial score (nSPS) is 21.3. The van der Waals surface area contributed by atoms with E-state index >= 15 is 0 Å². The number of rotatable bonds is 6. The third-order valence-electron chi connectivity index (χ3n) is 3.29. The fourth-order valence-corrected chi connectivity index (χ4v) is 5.19. The van der Waals surface area contributed by atoms with Crippen LogP contribution in [0.4, 0.5) is 5.82 Å². The van der Waals surface area contributed by atoms with Crippen molar-refractivity contribution in [1.29, 1.82) is 0 Å². The summed E-state index contributed by atoms with van der Waals surface area (Å²) in [5.41, 5.74) is 0. The summed E-state index contributed by atoms with van der Waals surface area (Å²) >= 11 is 0. The molecule has 9 heteroatoms. The molecule has 1 aliphatic rings. The van der Waals surface area contributed by atoms with Gasteiger partial charge in [0.1, 0.15) is 5.82 Å². The molecule has 0 bridgehead atoms. The molecule has 0 aliphatic carbocycles. The molecular weight excluding hydrogens is 314 g/mol. The van der Waals surface area contributed by atoms with Gasteiger partial charge in [0.15, 0.2) is 9.84 Å². The molecule has 1 saturated heterocycles. The maximum atomic E-state index is 12.2. The lowest BCUT2D eigenvalue weighted by Gasteiger charge is -2.11. The number of sulfone groups is 1. The quantitative estimate of drug-likeness (QED) is 0.772. The van der Waals surface area contributed by atoms with Gasteiger partial charge in [-0.3, -0.25) is 0 Å². The van der Waals surface area contributed by atoms with E-state index in [1.165, 1.54) is 18.3 Å². The van der Waals surface area contributed by atoms with Gasteiger partial charge >= 0.3 is 0 Å². The average molecular weight is 333 g/mol. The summed E-state index contributed by atoms with van der Waals surface area (Å²) in [6, 6.07) is 2.87. The summed E-state index contributed by atoms with van der Waals surface area (Å²) < 4.78 is 49.6. The van der Waals surface area contributed by atoms with Crippen LogP contribution in [-0.2, 0) is 19.9 Å². The summed E-state index contributed by atoms with van der Waals surface area (Å²) in [5.74, 6) is 0.525. The zero-order valence-electron chi connectivity index (χ0n) is 11.7. The van der Waals surface area contributed by atoms with Gasteiger partial charge in [-0.2, -0.15) is 0 Å². The van der Waals surface area contributed by atoms with Crippen LogP contribution in [0.5, 0.6) is 0 Å². The monoisotopic (exact) mass is 333 g/mol. The Balaban J connectivity index is 2.03. The summed E-state index contributed by atoms with van der Waals surface area (Å²) in [7, 11) is -6.65. The second-order valence-electron chi connectivity index (χ2n) is 5.03. The van der Waals surface area contributed by atoms with Crippen molar-refractivity contribution in [3.63, 3.8) is 0 Å². The minimum Gasteiger partial charge on any atom is -0.370 e.